The summed E-state index contributed by atoms with van der Waals surface area (Å²) in [4.78, 5) is 5.22. The molecule has 0 aliphatic heterocycles. The van der Waals surface area contributed by atoms with Gasteiger partial charge in [0.15, 0.2) is 0 Å². The first-order valence-corrected chi connectivity index (χ1v) is 11.3. The number of benzene rings is 1. The molecule has 30 heavy (non-hydrogen) atoms. The summed E-state index contributed by atoms with van der Waals surface area (Å²) in [6.07, 6.45) is -3.51. The monoisotopic (exact) mass is 457 g/mol. The number of alkyl halides is 3. The van der Waals surface area contributed by atoms with Crippen LogP contribution >= 0.6 is 23.1 Å². The van der Waals surface area contributed by atoms with Crippen molar-refractivity contribution in [3.8, 4) is 11.3 Å². The topological polar surface area (TPSA) is 70.7 Å². The van der Waals surface area contributed by atoms with Gasteiger partial charge in [0.25, 0.3) is 0 Å². The molecule has 0 amide bonds. The zero-order chi connectivity index (χ0) is 21.8. The Hall–Kier alpha value is -1.62. The Morgan fingerprint density at radius 1 is 1.27 bits per heavy atom. The minimum atomic E-state index is -4.45. The van der Waals surface area contributed by atoms with Gasteiger partial charge in [-0.15, -0.1) is 11.8 Å². The highest BCUT2D eigenvalue weighted by atomic mass is 32.2. The maximum absolute atomic E-state index is 13.6. The number of thioether (sulfide) groups is 1. The first-order chi connectivity index (χ1) is 13.9. The van der Waals surface area contributed by atoms with E-state index < -0.39 is 17.3 Å². The molecule has 0 bridgehead atoms. The predicted molar refractivity (Wildman–Crippen MR) is 111 cm³/mol. The van der Waals surface area contributed by atoms with Crippen LogP contribution in [0.3, 0.4) is 0 Å². The quantitative estimate of drug-likeness (QED) is 0.535. The predicted octanol–water partition coefficient (Wildman–Crippen LogP) is 4.88. The number of fused-ring (bicyclic) bond motifs is 1. The van der Waals surface area contributed by atoms with Crippen molar-refractivity contribution in [1.29, 1.82) is 0 Å². The van der Waals surface area contributed by atoms with E-state index in [1.165, 1.54) is 29.2 Å². The summed E-state index contributed by atoms with van der Waals surface area (Å²) in [7, 11) is 0. The van der Waals surface area contributed by atoms with Crippen LogP contribution in [0.25, 0.3) is 16.2 Å². The molecule has 5 nitrogen and oxygen atoms in total. The summed E-state index contributed by atoms with van der Waals surface area (Å²) in [5.74, 6) is 0.759. The second kappa shape index (κ2) is 7.51. The molecular weight excluding hydrogens is 435 g/mol. The molecule has 1 aromatic carbocycles. The fraction of sp³-hybridized carbons (Fsp3) is 0.500. The van der Waals surface area contributed by atoms with E-state index >= 15 is 0 Å². The van der Waals surface area contributed by atoms with Crippen LogP contribution < -0.4 is 0 Å². The van der Waals surface area contributed by atoms with Crippen molar-refractivity contribution in [2.24, 2.45) is 5.92 Å². The Morgan fingerprint density at radius 3 is 2.57 bits per heavy atom. The molecule has 162 valence electrons. The van der Waals surface area contributed by atoms with E-state index in [2.05, 4.69) is 10.1 Å². The van der Waals surface area contributed by atoms with Gasteiger partial charge in [-0.2, -0.15) is 18.3 Å². The minimum absolute atomic E-state index is 0.161. The van der Waals surface area contributed by atoms with E-state index in [0.29, 0.717) is 45.5 Å². The van der Waals surface area contributed by atoms with E-state index in [1.54, 1.807) is 31.4 Å². The van der Waals surface area contributed by atoms with Gasteiger partial charge in [0.05, 0.1) is 23.1 Å². The number of aromatic nitrogens is 3. The molecule has 0 spiro atoms. The molecule has 4 rings (SSSR count). The first-order valence-electron chi connectivity index (χ1n) is 9.55. The van der Waals surface area contributed by atoms with Gasteiger partial charge in [-0.05, 0) is 51.7 Å². The van der Waals surface area contributed by atoms with Crippen molar-refractivity contribution in [1.82, 2.24) is 14.6 Å². The molecule has 1 saturated carbocycles. The van der Waals surface area contributed by atoms with Crippen LogP contribution in [-0.2, 0) is 11.8 Å². The highest BCUT2D eigenvalue weighted by Crippen LogP contribution is 2.42. The molecule has 1 aliphatic carbocycles. The zero-order valence-corrected chi connectivity index (χ0v) is 18.3. The van der Waals surface area contributed by atoms with E-state index in [4.69, 9.17) is 0 Å². The zero-order valence-electron chi connectivity index (χ0n) is 16.7. The lowest BCUT2D eigenvalue weighted by atomic mass is 9.84. The highest BCUT2D eigenvalue weighted by molar-refractivity contribution is 7.99. The number of hydrogen-bond acceptors (Lipinski definition) is 6. The van der Waals surface area contributed by atoms with Crippen LogP contribution in [0.2, 0.25) is 0 Å². The van der Waals surface area contributed by atoms with Crippen molar-refractivity contribution >= 4 is 28.1 Å². The highest BCUT2D eigenvalue weighted by Gasteiger charge is 2.35. The second-order valence-electron chi connectivity index (χ2n) is 8.22. The van der Waals surface area contributed by atoms with Gasteiger partial charge in [0.2, 0.25) is 4.96 Å². The van der Waals surface area contributed by atoms with Crippen LogP contribution in [0.5, 0.6) is 0 Å². The van der Waals surface area contributed by atoms with Crippen molar-refractivity contribution in [3.63, 3.8) is 0 Å². The molecule has 0 atom stereocenters. The Kier molecular flexibility index (Phi) is 5.41. The number of hydrogen-bond donors (Lipinski definition) is 2. The number of aryl methyl sites for hydroxylation is 1. The maximum atomic E-state index is 13.6. The third-order valence-corrected chi connectivity index (χ3v) is 7.66. The number of aliphatic hydroxyl groups excluding tert-OH is 1. The first kappa shape index (κ1) is 21.6. The number of nitrogens with zero attached hydrogens (tertiary/aromatic N) is 3. The number of aliphatic hydroxyl groups is 2. The smallest absolute Gasteiger partial charge is 0.393 e. The minimum Gasteiger partial charge on any atom is -0.393 e. The number of halogens is 3. The van der Waals surface area contributed by atoms with Crippen molar-refractivity contribution in [2.75, 3.05) is 5.75 Å². The molecule has 2 N–H and O–H groups in total. The summed E-state index contributed by atoms with van der Waals surface area (Å²) >= 11 is 2.43. The van der Waals surface area contributed by atoms with Gasteiger partial charge in [-0.3, -0.25) is 0 Å². The molecule has 10 heteroatoms. The van der Waals surface area contributed by atoms with Crippen LogP contribution in [0.15, 0.2) is 23.1 Å². The summed E-state index contributed by atoms with van der Waals surface area (Å²) in [6.45, 7) is 5.05. The van der Waals surface area contributed by atoms with E-state index in [9.17, 15) is 23.4 Å². The van der Waals surface area contributed by atoms with Gasteiger partial charge < -0.3 is 10.2 Å². The van der Waals surface area contributed by atoms with Crippen molar-refractivity contribution in [2.45, 2.75) is 56.4 Å². The largest absolute Gasteiger partial charge is 0.417 e. The van der Waals surface area contributed by atoms with Gasteiger partial charge >= 0.3 is 6.18 Å². The number of imidazole rings is 1. The average molecular weight is 458 g/mol. The van der Waals surface area contributed by atoms with Gasteiger partial charge in [-0.25, -0.2) is 9.50 Å². The van der Waals surface area contributed by atoms with E-state index in [-0.39, 0.29) is 16.9 Å². The summed E-state index contributed by atoms with van der Waals surface area (Å²) in [5.41, 5.74) is 0.0763. The third kappa shape index (κ3) is 4.10. The van der Waals surface area contributed by atoms with Crippen LogP contribution in [-0.4, -0.2) is 36.7 Å². The van der Waals surface area contributed by atoms with Crippen LogP contribution in [0.4, 0.5) is 13.2 Å². The molecule has 0 radical (unpaired) electrons. The fourth-order valence-electron chi connectivity index (χ4n) is 3.50. The Morgan fingerprint density at radius 2 is 1.97 bits per heavy atom. The molecule has 1 aliphatic rings. The molecular formula is C20H22F3N3O2S2. The van der Waals surface area contributed by atoms with Crippen molar-refractivity contribution in [3.05, 3.63) is 34.5 Å². The van der Waals surface area contributed by atoms with Crippen molar-refractivity contribution < 1.29 is 23.4 Å². The second-order valence-corrected chi connectivity index (χ2v) is 10.2. The Balaban J connectivity index is 1.74. The number of rotatable bonds is 5. The molecule has 2 aromatic heterocycles. The maximum Gasteiger partial charge on any atom is 0.417 e. The lowest BCUT2D eigenvalue weighted by Crippen LogP contribution is -2.29. The Bertz CT molecular complexity index is 1080. The average Bonchev–Trinajstić information content (AvgIpc) is 3.13. The molecule has 2 heterocycles. The van der Waals surface area contributed by atoms with E-state index in [1.807, 2.05) is 0 Å². The van der Waals surface area contributed by atoms with E-state index in [0.717, 1.165) is 6.07 Å². The van der Waals surface area contributed by atoms with Crippen LogP contribution in [0.1, 0.15) is 43.0 Å². The molecule has 0 unspecified atom stereocenters. The molecule has 3 aromatic rings. The molecule has 0 saturated heterocycles. The summed E-state index contributed by atoms with van der Waals surface area (Å²) in [5, 5.41) is 24.6. The lowest BCUT2D eigenvalue weighted by Gasteiger charge is -2.31. The normalized spacial score (nSPS) is 20.0. The third-order valence-electron chi connectivity index (χ3n) is 5.15. The SMILES string of the molecule is Cc1nc2sc(C(C)(C)O)nn2c1-c1ccc(C(F)(F)F)c(SCC2CC(O)C2)c1. The Labute approximate surface area is 180 Å². The van der Waals surface area contributed by atoms with Gasteiger partial charge in [0.1, 0.15) is 10.6 Å². The summed E-state index contributed by atoms with van der Waals surface area (Å²) < 4.78 is 42.3. The lowest BCUT2D eigenvalue weighted by molar-refractivity contribution is -0.139. The van der Waals surface area contributed by atoms with Gasteiger partial charge in [0, 0.05) is 16.2 Å². The standard InChI is InChI=1S/C20H22F3N3O2S2/c1-10-16(26-18(24-10)30-17(25-26)19(2,3)28)12-4-5-14(20(21,22)23)15(8-12)29-9-11-6-13(27)7-11/h4-5,8,11,13,27-28H,6-7,9H2,1-3H3. The van der Waals surface area contributed by atoms with Crippen LogP contribution in [0, 0.1) is 12.8 Å². The fourth-order valence-corrected chi connectivity index (χ4v) is 5.68. The summed E-state index contributed by atoms with van der Waals surface area (Å²) in [6, 6.07) is 4.09. The molecule has 1 fully saturated rings. The van der Waals surface area contributed by atoms with Gasteiger partial charge in [-0.1, -0.05) is 17.4 Å².